The predicted molar refractivity (Wildman–Crippen MR) is 50.3 cm³/mol. The van der Waals surface area contributed by atoms with Gasteiger partial charge in [0.15, 0.2) is 0 Å². The van der Waals surface area contributed by atoms with Gasteiger partial charge >= 0.3 is 0 Å². The average molecular weight is 170 g/mol. The second-order valence-electron chi connectivity index (χ2n) is 2.61. The Morgan fingerprint density at radius 1 is 1.50 bits per heavy atom. The molecule has 0 amide bonds. The standard InChI is InChI=1S/C9H18N2O/c1-3-4-5-6-9(11-10)7-8-12-2/h9,11H,5-8,10H2,1-2H3. The van der Waals surface area contributed by atoms with Crippen LogP contribution in [0.1, 0.15) is 26.2 Å². The van der Waals surface area contributed by atoms with Crippen LogP contribution in [0, 0.1) is 11.8 Å². The Balaban J connectivity index is 3.43. The number of nitrogens with one attached hydrogen (secondary N) is 1. The Bertz CT molecular complexity index is 148. The second-order valence-corrected chi connectivity index (χ2v) is 2.61. The van der Waals surface area contributed by atoms with Crippen molar-refractivity contribution in [3.63, 3.8) is 0 Å². The van der Waals surface area contributed by atoms with Crippen LogP contribution in [0.15, 0.2) is 0 Å². The fraction of sp³-hybridized carbons (Fsp3) is 0.778. The van der Waals surface area contributed by atoms with Crippen LogP contribution in [-0.4, -0.2) is 19.8 Å². The number of rotatable bonds is 6. The fourth-order valence-electron chi connectivity index (χ4n) is 0.943. The molecule has 1 atom stereocenters. The molecule has 1 unspecified atom stereocenters. The highest BCUT2D eigenvalue weighted by Crippen LogP contribution is 1.99. The van der Waals surface area contributed by atoms with Gasteiger partial charge in [-0.3, -0.25) is 11.3 Å². The molecule has 0 aliphatic carbocycles. The summed E-state index contributed by atoms with van der Waals surface area (Å²) in [7, 11) is 1.69. The molecule has 0 aliphatic heterocycles. The van der Waals surface area contributed by atoms with Gasteiger partial charge in [0.25, 0.3) is 0 Å². The van der Waals surface area contributed by atoms with Crippen molar-refractivity contribution in [1.82, 2.24) is 5.43 Å². The molecule has 70 valence electrons. The van der Waals surface area contributed by atoms with E-state index in [-0.39, 0.29) is 0 Å². The second kappa shape index (κ2) is 8.54. The molecule has 0 spiro atoms. The maximum Gasteiger partial charge on any atom is 0.0477 e. The van der Waals surface area contributed by atoms with Crippen molar-refractivity contribution in [2.24, 2.45) is 5.84 Å². The third kappa shape index (κ3) is 6.17. The smallest absolute Gasteiger partial charge is 0.0477 e. The molecule has 0 aromatic rings. The van der Waals surface area contributed by atoms with Gasteiger partial charge in [0.1, 0.15) is 0 Å². The van der Waals surface area contributed by atoms with E-state index in [9.17, 15) is 0 Å². The molecule has 3 N–H and O–H groups in total. The SMILES string of the molecule is CC#CCCC(CCOC)NN. The molecule has 0 saturated carbocycles. The maximum absolute atomic E-state index is 5.34. The third-order valence-electron chi connectivity index (χ3n) is 1.70. The molecule has 3 nitrogen and oxygen atoms in total. The summed E-state index contributed by atoms with van der Waals surface area (Å²) < 4.78 is 4.95. The monoisotopic (exact) mass is 170 g/mol. The summed E-state index contributed by atoms with van der Waals surface area (Å²) in [6.45, 7) is 2.59. The first-order chi connectivity index (χ1) is 5.85. The van der Waals surface area contributed by atoms with Gasteiger partial charge in [-0.15, -0.1) is 11.8 Å². The van der Waals surface area contributed by atoms with E-state index in [0.29, 0.717) is 6.04 Å². The van der Waals surface area contributed by atoms with Gasteiger partial charge in [0.2, 0.25) is 0 Å². The van der Waals surface area contributed by atoms with Crippen LogP contribution in [-0.2, 0) is 4.74 Å². The van der Waals surface area contributed by atoms with Crippen molar-refractivity contribution in [3.05, 3.63) is 0 Å². The van der Waals surface area contributed by atoms with Crippen molar-refractivity contribution in [2.75, 3.05) is 13.7 Å². The minimum atomic E-state index is 0.325. The van der Waals surface area contributed by atoms with Gasteiger partial charge in [0.05, 0.1) is 0 Å². The molecule has 0 aromatic heterocycles. The van der Waals surface area contributed by atoms with Crippen molar-refractivity contribution < 1.29 is 4.74 Å². The van der Waals surface area contributed by atoms with Gasteiger partial charge in [-0.1, -0.05) is 0 Å². The van der Waals surface area contributed by atoms with Crippen LogP contribution in [0.2, 0.25) is 0 Å². The van der Waals surface area contributed by atoms with Crippen molar-refractivity contribution in [2.45, 2.75) is 32.2 Å². The van der Waals surface area contributed by atoms with E-state index in [1.807, 2.05) is 6.92 Å². The van der Waals surface area contributed by atoms with Gasteiger partial charge in [-0.2, -0.15) is 0 Å². The summed E-state index contributed by atoms with van der Waals surface area (Å²) in [4.78, 5) is 0. The zero-order valence-corrected chi connectivity index (χ0v) is 7.89. The van der Waals surface area contributed by atoms with Crippen LogP contribution in [0.5, 0.6) is 0 Å². The fourth-order valence-corrected chi connectivity index (χ4v) is 0.943. The van der Waals surface area contributed by atoms with E-state index in [0.717, 1.165) is 25.9 Å². The van der Waals surface area contributed by atoms with Crippen molar-refractivity contribution >= 4 is 0 Å². The first kappa shape index (κ1) is 11.4. The maximum atomic E-state index is 5.34. The molecule has 0 aromatic carbocycles. The van der Waals surface area contributed by atoms with Gasteiger partial charge < -0.3 is 4.74 Å². The number of hydrogen-bond donors (Lipinski definition) is 2. The third-order valence-corrected chi connectivity index (χ3v) is 1.70. The Morgan fingerprint density at radius 3 is 2.75 bits per heavy atom. The normalized spacial score (nSPS) is 11.9. The first-order valence-electron chi connectivity index (χ1n) is 4.19. The average Bonchev–Trinajstić information content (AvgIpc) is 2.11. The molecular weight excluding hydrogens is 152 g/mol. The Kier molecular flexibility index (Phi) is 8.14. The molecule has 0 aliphatic rings. The molecule has 0 bridgehead atoms. The van der Waals surface area contributed by atoms with Crippen LogP contribution < -0.4 is 11.3 Å². The quantitative estimate of drug-likeness (QED) is 0.350. The highest BCUT2D eigenvalue weighted by molar-refractivity contribution is 4.95. The van der Waals surface area contributed by atoms with Crippen molar-refractivity contribution in [3.8, 4) is 11.8 Å². The zero-order valence-electron chi connectivity index (χ0n) is 7.89. The number of hydrogen-bond acceptors (Lipinski definition) is 3. The summed E-state index contributed by atoms with van der Waals surface area (Å²) >= 11 is 0. The summed E-state index contributed by atoms with van der Waals surface area (Å²) in [6.07, 6.45) is 2.83. The number of nitrogens with two attached hydrogens (primary N) is 1. The topological polar surface area (TPSA) is 47.3 Å². The first-order valence-corrected chi connectivity index (χ1v) is 4.19. The summed E-state index contributed by atoms with van der Waals surface area (Å²) in [5.41, 5.74) is 2.75. The van der Waals surface area contributed by atoms with Crippen molar-refractivity contribution in [1.29, 1.82) is 0 Å². The van der Waals surface area contributed by atoms with E-state index in [4.69, 9.17) is 10.6 Å². The van der Waals surface area contributed by atoms with Gasteiger partial charge in [-0.05, 0) is 19.8 Å². The lowest BCUT2D eigenvalue weighted by Gasteiger charge is -2.12. The Labute approximate surface area is 74.6 Å². The molecule has 0 saturated heterocycles. The van der Waals surface area contributed by atoms with Crippen LogP contribution in [0.3, 0.4) is 0 Å². The molecule has 0 rings (SSSR count). The zero-order chi connectivity index (χ0) is 9.23. The molecule has 0 radical (unpaired) electrons. The lowest BCUT2D eigenvalue weighted by molar-refractivity contribution is 0.181. The molecule has 12 heavy (non-hydrogen) atoms. The number of ether oxygens (including phenoxy) is 1. The Morgan fingerprint density at radius 2 is 2.25 bits per heavy atom. The largest absolute Gasteiger partial charge is 0.385 e. The number of hydrazine groups is 1. The minimum absolute atomic E-state index is 0.325. The molecule has 3 heteroatoms. The lowest BCUT2D eigenvalue weighted by atomic mass is 10.1. The minimum Gasteiger partial charge on any atom is -0.385 e. The summed E-state index contributed by atoms with van der Waals surface area (Å²) in [6, 6.07) is 0.325. The van der Waals surface area contributed by atoms with E-state index in [1.54, 1.807) is 7.11 Å². The Hall–Kier alpha value is -0.560. The van der Waals surface area contributed by atoms with Gasteiger partial charge in [0, 0.05) is 26.2 Å². The highest BCUT2D eigenvalue weighted by Gasteiger charge is 2.03. The van der Waals surface area contributed by atoms with E-state index in [1.165, 1.54) is 0 Å². The number of methoxy groups -OCH3 is 1. The highest BCUT2D eigenvalue weighted by atomic mass is 16.5. The summed E-state index contributed by atoms with van der Waals surface area (Å²) in [5, 5.41) is 0. The molecule has 0 fully saturated rings. The van der Waals surface area contributed by atoms with Crippen LogP contribution in [0.25, 0.3) is 0 Å². The molecule has 0 heterocycles. The van der Waals surface area contributed by atoms with Crippen LogP contribution in [0.4, 0.5) is 0 Å². The molecular formula is C9H18N2O. The summed E-state index contributed by atoms with van der Waals surface area (Å²) in [5.74, 6) is 11.2. The van der Waals surface area contributed by atoms with E-state index in [2.05, 4.69) is 17.3 Å². The van der Waals surface area contributed by atoms with E-state index < -0.39 is 0 Å². The lowest BCUT2D eigenvalue weighted by Crippen LogP contribution is -2.35. The van der Waals surface area contributed by atoms with E-state index >= 15 is 0 Å². The van der Waals surface area contributed by atoms with Crippen LogP contribution >= 0.6 is 0 Å². The predicted octanol–water partition coefficient (Wildman–Crippen LogP) is 0.658. The van der Waals surface area contributed by atoms with Gasteiger partial charge in [-0.25, -0.2) is 0 Å².